The molecule has 54 heavy (non-hydrogen) atoms. The number of carbonyl (C=O) groups excluding carboxylic acids is 3. The SMILES string of the molecule is CCCCCCNC(=O)c1nc2c(nc1C(=O)O)c1nc(C(=O)NCCCCCC)c(C(=O)O)nc1c1nc(C(=O)NCCCCCC)c(C(=O)O)nc21. The lowest BCUT2D eigenvalue weighted by Gasteiger charge is -2.14. The van der Waals surface area contributed by atoms with Crippen molar-refractivity contribution in [2.75, 3.05) is 19.6 Å². The van der Waals surface area contributed by atoms with E-state index in [1.54, 1.807) is 0 Å². The Labute approximate surface area is 310 Å². The number of hydrogen-bond donors (Lipinski definition) is 6. The van der Waals surface area contributed by atoms with Gasteiger partial charge in [-0.2, -0.15) is 0 Å². The zero-order chi connectivity index (χ0) is 39.4. The molecule has 0 spiro atoms. The fraction of sp³-hybridized carbons (Fsp3) is 0.500. The zero-order valence-electron chi connectivity index (χ0n) is 30.6. The van der Waals surface area contributed by atoms with E-state index >= 15 is 0 Å². The number of aromatic carboxylic acids is 3. The Morgan fingerprint density at radius 1 is 0.370 bits per heavy atom. The average Bonchev–Trinajstić information content (AvgIpc) is 3.15. The van der Waals surface area contributed by atoms with Crippen LogP contribution in [0.5, 0.6) is 0 Å². The molecule has 6 N–H and O–H groups in total. The minimum absolute atomic E-state index is 0.205. The summed E-state index contributed by atoms with van der Waals surface area (Å²) in [5, 5.41) is 38.3. The van der Waals surface area contributed by atoms with Crippen molar-refractivity contribution in [3.05, 3.63) is 34.2 Å². The van der Waals surface area contributed by atoms with Crippen molar-refractivity contribution in [1.29, 1.82) is 0 Å². The number of aromatic nitrogens is 6. The summed E-state index contributed by atoms with van der Waals surface area (Å²) in [6, 6.07) is 0. The van der Waals surface area contributed by atoms with Gasteiger partial charge in [-0.15, -0.1) is 0 Å². The van der Waals surface area contributed by atoms with E-state index in [0.717, 1.165) is 57.8 Å². The number of carboxylic acid groups (broad SMARTS) is 3. The van der Waals surface area contributed by atoms with Gasteiger partial charge in [-0.1, -0.05) is 78.6 Å². The van der Waals surface area contributed by atoms with Crippen molar-refractivity contribution >= 4 is 68.7 Å². The first-order valence-corrected chi connectivity index (χ1v) is 18.3. The Hall–Kier alpha value is -5.94. The summed E-state index contributed by atoms with van der Waals surface area (Å²) in [5.74, 6) is -7.57. The van der Waals surface area contributed by atoms with Crippen molar-refractivity contribution in [3.8, 4) is 0 Å². The van der Waals surface area contributed by atoms with Gasteiger partial charge in [-0.3, -0.25) is 14.4 Å². The number of hydrogen-bond acceptors (Lipinski definition) is 12. The summed E-state index contributed by atoms with van der Waals surface area (Å²) in [6.45, 7) is 6.69. The molecule has 18 heteroatoms. The highest BCUT2D eigenvalue weighted by molar-refractivity contribution is 6.21. The molecule has 0 saturated heterocycles. The smallest absolute Gasteiger partial charge is 0.357 e. The summed E-state index contributed by atoms with van der Waals surface area (Å²) >= 11 is 0. The zero-order valence-corrected chi connectivity index (χ0v) is 30.6. The molecule has 0 aliphatic rings. The van der Waals surface area contributed by atoms with Gasteiger partial charge in [0.2, 0.25) is 0 Å². The lowest BCUT2D eigenvalue weighted by molar-refractivity contribution is 0.0676. The van der Waals surface area contributed by atoms with Crippen LogP contribution in [0.4, 0.5) is 0 Å². The normalized spacial score (nSPS) is 11.2. The maximum atomic E-state index is 13.4. The van der Waals surface area contributed by atoms with Gasteiger partial charge in [0, 0.05) is 19.6 Å². The van der Waals surface area contributed by atoms with Crippen LogP contribution in [-0.4, -0.2) is 100 Å². The Morgan fingerprint density at radius 2 is 0.593 bits per heavy atom. The van der Waals surface area contributed by atoms with Gasteiger partial charge in [-0.05, 0) is 19.3 Å². The largest absolute Gasteiger partial charge is 0.476 e. The fourth-order valence-electron chi connectivity index (χ4n) is 5.73. The Kier molecular flexibility index (Phi) is 14.5. The molecule has 3 heterocycles. The van der Waals surface area contributed by atoms with Gasteiger partial charge in [0.1, 0.15) is 33.1 Å². The van der Waals surface area contributed by atoms with E-state index in [4.69, 9.17) is 0 Å². The molecule has 0 fully saturated rings. The molecule has 0 bridgehead atoms. The van der Waals surface area contributed by atoms with Gasteiger partial charge in [-0.25, -0.2) is 44.3 Å². The van der Waals surface area contributed by atoms with E-state index in [1.807, 2.05) is 20.8 Å². The predicted molar refractivity (Wildman–Crippen MR) is 196 cm³/mol. The molecular weight excluding hydrogens is 702 g/mol. The number of nitrogens with one attached hydrogen (secondary N) is 3. The van der Waals surface area contributed by atoms with Gasteiger partial charge in [0.15, 0.2) is 34.2 Å². The number of rotatable bonds is 21. The third-order valence-corrected chi connectivity index (χ3v) is 8.56. The monoisotopic (exact) mass is 747 g/mol. The van der Waals surface area contributed by atoms with E-state index in [-0.39, 0.29) is 52.7 Å². The molecule has 0 unspecified atom stereocenters. The second kappa shape index (κ2) is 19.2. The third kappa shape index (κ3) is 9.53. The van der Waals surface area contributed by atoms with Gasteiger partial charge in [0.05, 0.1) is 0 Å². The molecule has 18 nitrogen and oxygen atoms in total. The van der Waals surface area contributed by atoms with Crippen molar-refractivity contribution in [2.24, 2.45) is 0 Å². The van der Waals surface area contributed by atoms with E-state index in [9.17, 15) is 44.1 Å². The Bertz CT molecular complexity index is 1830. The van der Waals surface area contributed by atoms with Crippen LogP contribution in [0.3, 0.4) is 0 Å². The summed E-state index contributed by atoms with van der Waals surface area (Å²) in [7, 11) is 0. The lowest BCUT2D eigenvalue weighted by Crippen LogP contribution is -2.29. The molecule has 3 amide bonds. The number of benzene rings is 1. The maximum Gasteiger partial charge on any atom is 0.357 e. The van der Waals surface area contributed by atoms with Gasteiger partial charge >= 0.3 is 17.9 Å². The van der Waals surface area contributed by atoms with Crippen LogP contribution in [0.2, 0.25) is 0 Å². The molecule has 288 valence electrons. The second-order valence-electron chi connectivity index (χ2n) is 12.7. The fourth-order valence-corrected chi connectivity index (χ4v) is 5.73. The van der Waals surface area contributed by atoms with Crippen molar-refractivity contribution in [2.45, 2.75) is 97.8 Å². The van der Waals surface area contributed by atoms with Crippen LogP contribution >= 0.6 is 0 Å². The van der Waals surface area contributed by atoms with E-state index in [1.165, 1.54) is 0 Å². The molecule has 0 atom stereocenters. The minimum Gasteiger partial charge on any atom is -0.476 e. The highest BCUT2D eigenvalue weighted by Crippen LogP contribution is 2.32. The quantitative estimate of drug-likeness (QED) is 0.0504. The first kappa shape index (κ1) is 40.8. The minimum atomic E-state index is -1.64. The van der Waals surface area contributed by atoms with Crippen LogP contribution in [0.1, 0.15) is 161 Å². The molecule has 0 aliphatic heterocycles. The molecule has 0 radical (unpaired) electrons. The van der Waals surface area contributed by atoms with E-state index in [0.29, 0.717) is 19.3 Å². The van der Waals surface area contributed by atoms with E-state index < -0.39 is 69.8 Å². The highest BCUT2D eigenvalue weighted by atomic mass is 16.4. The average molecular weight is 748 g/mol. The summed E-state index contributed by atoms with van der Waals surface area (Å²) in [4.78, 5) is 103. The van der Waals surface area contributed by atoms with Gasteiger partial charge < -0.3 is 31.3 Å². The number of unbranched alkanes of at least 4 members (excludes halogenated alkanes) is 9. The number of carboxylic acids is 3. The molecule has 0 saturated carbocycles. The van der Waals surface area contributed by atoms with Crippen molar-refractivity contribution in [3.63, 3.8) is 0 Å². The number of amides is 3. The number of carbonyl (C=O) groups is 6. The molecular formula is C36H45N9O9. The van der Waals surface area contributed by atoms with Crippen LogP contribution < -0.4 is 16.0 Å². The van der Waals surface area contributed by atoms with Crippen molar-refractivity contribution in [1.82, 2.24) is 45.9 Å². The van der Waals surface area contributed by atoms with E-state index in [2.05, 4.69) is 45.9 Å². The molecule has 0 aliphatic carbocycles. The van der Waals surface area contributed by atoms with Crippen LogP contribution in [-0.2, 0) is 0 Å². The summed E-state index contributed by atoms with van der Waals surface area (Å²) in [5.41, 5.74) is -6.45. The number of nitrogens with zero attached hydrogens (tertiary/aromatic N) is 6. The third-order valence-electron chi connectivity index (χ3n) is 8.56. The molecule has 3 aromatic heterocycles. The standard InChI is InChI=1S/C36H45N9O9/c1-4-7-10-13-16-37-31(46)25-28(34(49)50)43-22-19(40-25)23-21(42-26(29(44-23)35(51)52)32(47)38-17-14-11-8-5-2)24-20(22)41-27(30(45-24)36(53)54)33(48)39-18-15-12-9-6-3/h4-18H2,1-3H3,(H,37,46)(H,38,47)(H,39,48)(H,49,50)(H,51,52)(H,53,54). The van der Waals surface area contributed by atoms with Crippen LogP contribution in [0.25, 0.3) is 33.1 Å². The van der Waals surface area contributed by atoms with Gasteiger partial charge in [0.25, 0.3) is 17.7 Å². The highest BCUT2D eigenvalue weighted by Gasteiger charge is 2.31. The lowest BCUT2D eigenvalue weighted by atomic mass is 10.1. The summed E-state index contributed by atoms with van der Waals surface area (Å²) in [6.07, 6.45) is 9.92. The predicted octanol–water partition coefficient (Wildman–Crippen LogP) is 4.54. The molecule has 4 rings (SSSR count). The number of fused-ring (bicyclic) bond motifs is 6. The maximum absolute atomic E-state index is 13.4. The Balaban J connectivity index is 2.03. The molecule has 1 aromatic carbocycles. The molecule has 4 aromatic rings. The topological polar surface area (TPSA) is 277 Å². The Morgan fingerprint density at radius 3 is 0.796 bits per heavy atom. The van der Waals surface area contributed by atoms with Crippen LogP contribution in [0.15, 0.2) is 0 Å². The van der Waals surface area contributed by atoms with Crippen molar-refractivity contribution < 1.29 is 44.1 Å². The summed E-state index contributed by atoms with van der Waals surface area (Å²) < 4.78 is 0. The first-order valence-electron chi connectivity index (χ1n) is 18.3. The van der Waals surface area contributed by atoms with Crippen LogP contribution in [0, 0.1) is 0 Å². The second-order valence-corrected chi connectivity index (χ2v) is 12.7. The first-order chi connectivity index (χ1) is 25.9.